The lowest BCUT2D eigenvalue weighted by Gasteiger charge is -2.26. The summed E-state index contributed by atoms with van der Waals surface area (Å²) in [6.07, 6.45) is 10.1. The summed E-state index contributed by atoms with van der Waals surface area (Å²) in [5.41, 5.74) is 21.4. The van der Waals surface area contributed by atoms with Crippen molar-refractivity contribution in [2.24, 2.45) is 22.9 Å². The topological polar surface area (TPSA) is 519 Å². The number of nitrogens with one attached hydrogen (secondary N) is 14. The number of hydrogen-bond acceptors (Lipinski definition) is 14. The van der Waals surface area contributed by atoms with Crippen molar-refractivity contribution in [2.75, 3.05) is 32.7 Å². The van der Waals surface area contributed by atoms with Crippen LogP contribution >= 0.6 is 0 Å². The van der Waals surface area contributed by atoms with E-state index in [1.165, 1.54) is 45.4 Å². The molecule has 0 saturated heterocycles. The van der Waals surface area contributed by atoms with Crippen molar-refractivity contribution < 1.29 is 58.2 Å². The van der Waals surface area contributed by atoms with E-state index in [9.17, 15) is 58.2 Å². The first-order chi connectivity index (χ1) is 36.4. The molecule has 0 aliphatic heterocycles. The summed E-state index contributed by atoms with van der Waals surface area (Å²) in [7, 11) is 0. The highest BCUT2D eigenvalue weighted by molar-refractivity contribution is 5.98. The van der Waals surface area contributed by atoms with Gasteiger partial charge in [0.25, 0.3) is 0 Å². The molecule has 30 heteroatoms. The number of carboxylic acid groups (broad SMARTS) is 1. The summed E-state index contributed by atoms with van der Waals surface area (Å²) < 4.78 is 0. The van der Waals surface area contributed by atoms with Gasteiger partial charge in [0.1, 0.15) is 36.3 Å². The fourth-order valence-corrected chi connectivity index (χ4v) is 7.37. The van der Waals surface area contributed by atoms with E-state index in [1.807, 2.05) is 0 Å². The molecule has 77 heavy (non-hydrogen) atoms. The molecule has 7 atom stereocenters. The number of amides is 9. The van der Waals surface area contributed by atoms with Crippen molar-refractivity contribution in [1.29, 1.82) is 16.2 Å². The number of primary amides is 1. The van der Waals surface area contributed by atoms with E-state index < -0.39 is 127 Å². The first-order valence-corrected chi connectivity index (χ1v) is 26.2. The third-order valence-corrected chi connectivity index (χ3v) is 11.6. The van der Waals surface area contributed by atoms with Crippen molar-refractivity contribution in [3.8, 4) is 0 Å². The molecule has 0 aromatic carbocycles. The van der Waals surface area contributed by atoms with Crippen LogP contribution in [0.25, 0.3) is 0 Å². The number of aliphatic hydroxyl groups excluding tert-OH is 1. The lowest BCUT2D eigenvalue weighted by molar-refractivity contribution is -0.142. The minimum absolute atomic E-state index is 0.0356. The predicted molar refractivity (Wildman–Crippen MR) is 285 cm³/mol. The standard InChI is InChI=1S/C47H88N18O12/c1-4-5-6-7-8-9-10-11-12-13-14-21-35(68)58-26-36(69)62-31(19-16-23-56-46(51)52)41(73)65-38(29(3)66)43(75)59-27-37(70)61-30(18-15-22-55-45(49)50)39(71)63-32(20-17-24-57-47(53)54)40(72)64-33(25-34(48)67)42(74)60-28(2)44(76)77/h28-33,38,66H,4-27H2,1-3H3,(H2,48,67)(H,58,68)(H,59,75)(H,60,74)(H,61,70)(H,62,69)(H,63,71)(H,64,72)(H,65,73)(H,76,77)(H4,49,50,55)(H4,51,52,56)(H4,53,54,57)/t28-,29+,30-,31-,32-,33-,38-/m0/s1. The largest absolute Gasteiger partial charge is 0.480 e. The van der Waals surface area contributed by atoms with E-state index in [0.29, 0.717) is 6.42 Å². The molecule has 0 aliphatic carbocycles. The van der Waals surface area contributed by atoms with Crippen LogP contribution in [0.15, 0.2) is 0 Å². The van der Waals surface area contributed by atoms with Gasteiger partial charge in [0.15, 0.2) is 17.9 Å². The lowest BCUT2D eigenvalue weighted by atomic mass is 10.1. The number of guanidine groups is 3. The molecule has 0 saturated carbocycles. The van der Waals surface area contributed by atoms with Crippen LogP contribution in [0.4, 0.5) is 0 Å². The smallest absolute Gasteiger partial charge is 0.325 e. The zero-order valence-electron chi connectivity index (χ0n) is 44.8. The number of unbranched alkanes of at least 4 members (excludes halogenated alkanes) is 10. The van der Waals surface area contributed by atoms with E-state index >= 15 is 0 Å². The zero-order valence-corrected chi connectivity index (χ0v) is 44.8. The average Bonchev–Trinajstić information content (AvgIpc) is 3.35. The number of carbonyl (C=O) groups is 10. The summed E-state index contributed by atoms with van der Waals surface area (Å²) in [6.45, 7) is 3.43. The van der Waals surface area contributed by atoms with Gasteiger partial charge in [-0.2, -0.15) is 0 Å². The van der Waals surface area contributed by atoms with Crippen LogP contribution in [0.1, 0.15) is 143 Å². The Hall–Kier alpha value is -7.53. The molecular weight excluding hydrogens is 1010 g/mol. The Kier molecular flexibility index (Phi) is 36.8. The molecule has 0 heterocycles. The monoisotopic (exact) mass is 1100 g/mol. The first kappa shape index (κ1) is 69.5. The first-order valence-electron chi connectivity index (χ1n) is 26.2. The quantitative estimate of drug-likeness (QED) is 0.0157. The Morgan fingerprint density at radius 1 is 0.442 bits per heavy atom. The Morgan fingerprint density at radius 2 is 0.818 bits per heavy atom. The molecule has 30 nitrogen and oxygen atoms in total. The third kappa shape index (κ3) is 35.4. The molecule has 0 aromatic rings. The molecule has 0 rings (SSSR count). The van der Waals surface area contributed by atoms with Gasteiger partial charge in [-0.05, 0) is 58.8 Å². The molecule has 0 radical (unpaired) electrons. The summed E-state index contributed by atoms with van der Waals surface area (Å²) in [5.74, 6) is -10.7. The molecule has 24 N–H and O–H groups in total. The number of hydrogen-bond donors (Lipinski definition) is 20. The second kappa shape index (κ2) is 40.7. The van der Waals surface area contributed by atoms with Crippen molar-refractivity contribution >= 4 is 77.0 Å². The summed E-state index contributed by atoms with van der Waals surface area (Å²) in [4.78, 5) is 130. The van der Waals surface area contributed by atoms with Crippen LogP contribution < -0.4 is 81.4 Å². The van der Waals surface area contributed by atoms with Gasteiger partial charge in [-0.3, -0.25) is 64.2 Å². The lowest BCUT2D eigenvalue weighted by Crippen LogP contribution is -2.59. The van der Waals surface area contributed by atoms with Crippen molar-refractivity contribution in [2.45, 2.75) is 185 Å². The molecule has 0 spiro atoms. The second-order valence-electron chi connectivity index (χ2n) is 18.6. The SMILES string of the molecule is CCCCCCCCCCCCCC(=O)NCC(=O)N[C@@H](CCCNC(=N)N)C(=O)N[C@H](C(=O)NCC(=O)N[C@@H](CCCNC(=N)N)C(=O)N[C@@H](CCCNC(=N)N)C(=O)N[C@@H](CC(N)=O)C(=O)N[C@@H](C)C(=O)O)[C@@H](C)O. The van der Waals surface area contributed by atoms with Gasteiger partial charge < -0.3 is 91.6 Å². The molecule has 9 amide bonds. The minimum Gasteiger partial charge on any atom is -0.480 e. The Morgan fingerprint density at radius 3 is 1.22 bits per heavy atom. The highest BCUT2D eigenvalue weighted by Gasteiger charge is 2.33. The number of rotatable bonds is 43. The fraction of sp³-hybridized carbons (Fsp3) is 0.723. The van der Waals surface area contributed by atoms with Crippen molar-refractivity contribution in [3.63, 3.8) is 0 Å². The molecule has 0 bridgehead atoms. The van der Waals surface area contributed by atoms with E-state index in [1.54, 1.807) is 0 Å². The molecule has 0 aliphatic rings. The van der Waals surface area contributed by atoms with Crippen LogP contribution in [0.3, 0.4) is 0 Å². The van der Waals surface area contributed by atoms with Crippen molar-refractivity contribution in [3.05, 3.63) is 0 Å². The maximum Gasteiger partial charge on any atom is 0.325 e. The van der Waals surface area contributed by atoms with E-state index in [4.69, 9.17) is 39.2 Å². The maximum absolute atomic E-state index is 13.9. The highest BCUT2D eigenvalue weighted by Crippen LogP contribution is 2.12. The normalized spacial score (nSPS) is 13.5. The van der Waals surface area contributed by atoms with Crippen LogP contribution in [0.5, 0.6) is 0 Å². The van der Waals surface area contributed by atoms with Gasteiger partial charge in [0.2, 0.25) is 53.2 Å². The Bertz CT molecular complexity index is 1940. The third-order valence-electron chi connectivity index (χ3n) is 11.6. The number of carbonyl (C=O) groups excluding carboxylic acids is 9. The van der Waals surface area contributed by atoms with Crippen LogP contribution in [0.2, 0.25) is 0 Å². The van der Waals surface area contributed by atoms with Crippen LogP contribution in [-0.4, -0.2) is 162 Å². The Labute approximate surface area is 449 Å². The van der Waals surface area contributed by atoms with Crippen LogP contribution in [-0.2, 0) is 47.9 Å². The number of aliphatic hydroxyl groups is 1. The van der Waals surface area contributed by atoms with E-state index in [-0.39, 0.29) is 76.4 Å². The zero-order chi connectivity index (χ0) is 58.3. The van der Waals surface area contributed by atoms with Gasteiger partial charge in [-0.1, -0.05) is 71.1 Å². The van der Waals surface area contributed by atoms with Gasteiger partial charge in [0.05, 0.1) is 25.6 Å². The summed E-state index contributed by atoms with van der Waals surface area (Å²) >= 11 is 0. The molecule has 0 aromatic heterocycles. The van der Waals surface area contributed by atoms with Gasteiger partial charge in [0, 0.05) is 26.1 Å². The van der Waals surface area contributed by atoms with Gasteiger partial charge in [-0.25, -0.2) is 0 Å². The minimum atomic E-state index is -1.70. The highest BCUT2D eigenvalue weighted by atomic mass is 16.4. The second-order valence-corrected chi connectivity index (χ2v) is 18.6. The summed E-state index contributed by atoms with van der Waals surface area (Å²) in [6, 6.07) is -9.08. The van der Waals surface area contributed by atoms with Gasteiger partial charge in [-0.15, -0.1) is 0 Å². The predicted octanol–water partition coefficient (Wildman–Crippen LogP) is -4.02. The summed E-state index contributed by atoms with van der Waals surface area (Å²) in [5, 5.41) is 68.8. The number of aliphatic carboxylic acids is 1. The molecular formula is C47H88N18O12. The Balaban J connectivity index is 6.00. The van der Waals surface area contributed by atoms with Crippen molar-refractivity contribution in [1.82, 2.24) is 58.5 Å². The molecule has 0 unspecified atom stereocenters. The van der Waals surface area contributed by atoms with Crippen LogP contribution in [0, 0.1) is 16.2 Å². The van der Waals surface area contributed by atoms with E-state index in [2.05, 4.69) is 65.4 Å². The number of carboxylic acids is 1. The molecule has 438 valence electrons. The number of nitrogens with two attached hydrogens (primary N) is 4. The average molecular weight is 1100 g/mol. The maximum atomic E-state index is 13.9. The van der Waals surface area contributed by atoms with E-state index in [0.717, 1.165) is 32.6 Å². The molecule has 0 fully saturated rings. The fourth-order valence-electron chi connectivity index (χ4n) is 7.37. The van der Waals surface area contributed by atoms with Gasteiger partial charge >= 0.3 is 5.97 Å².